The van der Waals surface area contributed by atoms with Crippen LogP contribution in [0, 0.1) is 11.8 Å². The van der Waals surface area contributed by atoms with Crippen LogP contribution in [-0.4, -0.2) is 67.5 Å². The van der Waals surface area contributed by atoms with Crippen molar-refractivity contribution in [2.45, 2.75) is 62.2 Å². The molecule has 40 heavy (non-hydrogen) atoms. The lowest BCUT2D eigenvalue weighted by molar-refractivity contribution is -0.135. The van der Waals surface area contributed by atoms with Gasteiger partial charge in [0.2, 0.25) is 12.7 Å². The Balaban J connectivity index is 1.27. The molecule has 2 aliphatic heterocycles. The van der Waals surface area contributed by atoms with E-state index in [0.29, 0.717) is 60.5 Å². The first-order valence-electron chi connectivity index (χ1n) is 13.2. The standard InChI is InChI=1S/C26H32BrN7O5S/c1-14(2)9-17(31-26(36)37)24(35)33-6-3-15(4-7-33)5-8-34-23-21(22(28)29-12-30-23)32-25(34)40-20-11-19-18(10-16(20)27)38-13-39-19/h10-12,14-15,17,31H,3-9,13H2,1-2H3,(H,36,37)(H2,28,29,30)/t17-/m0/s1. The van der Waals surface area contributed by atoms with Crippen molar-refractivity contribution in [3.63, 3.8) is 0 Å². The highest BCUT2D eigenvalue weighted by atomic mass is 79.9. The zero-order valence-electron chi connectivity index (χ0n) is 22.3. The van der Waals surface area contributed by atoms with E-state index in [4.69, 9.17) is 20.2 Å². The van der Waals surface area contributed by atoms with E-state index in [0.717, 1.165) is 33.8 Å². The molecule has 0 radical (unpaired) electrons. The van der Waals surface area contributed by atoms with Crippen LogP contribution in [0.3, 0.4) is 0 Å². The number of carbonyl (C=O) groups excluding carboxylic acids is 1. The molecule has 1 atom stereocenters. The third-order valence-corrected chi connectivity index (χ3v) is 9.11. The number of nitrogen functional groups attached to an aromatic ring is 1. The third kappa shape index (κ3) is 6.22. The van der Waals surface area contributed by atoms with Gasteiger partial charge in [0.15, 0.2) is 33.6 Å². The topological polar surface area (TPSA) is 158 Å². The number of ether oxygens (including phenoxy) is 2. The van der Waals surface area contributed by atoms with E-state index in [2.05, 4.69) is 35.8 Å². The molecule has 2 aromatic heterocycles. The Labute approximate surface area is 244 Å². The number of nitrogens with two attached hydrogens (primary N) is 1. The number of nitrogens with zero attached hydrogens (tertiary/aromatic N) is 5. The molecule has 4 heterocycles. The second-order valence-corrected chi connectivity index (χ2v) is 12.3. The molecule has 0 unspecified atom stereocenters. The van der Waals surface area contributed by atoms with Crippen LogP contribution in [0.1, 0.15) is 39.5 Å². The molecule has 0 spiro atoms. The number of rotatable bonds is 9. The summed E-state index contributed by atoms with van der Waals surface area (Å²) in [6, 6.07) is 3.10. The minimum atomic E-state index is -1.17. The molecule has 14 heteroatoms. The van der Waals surface area contributed by atoms with Crippen molar-refractivity contribution in [1.82, 2.24) is 29.7 Å². The van der Waals surface area contributed by atoms with E-state index in [1.54, 1.807) is 4.90 Å². The molecular weight excluding hydrogens is 602 g/mol. The summed E-state index contributed by atoms with van der Waals surface area (Å²) in [6.07, 6.45) is 3.30. The number of aromatic nitrogens is 4. The number of anilines is 1. The molecule has 0 saturated carbocycles. The van der Waals surface area contributed by atoms with Crippen molar-refractivity contribution in [2.24, 2.45) is 11.8 Å². The van der Waals surface area contributed by atoms with E-state index in [1.165, 1.54) is 18.1 Å². The van der Waals surface area contributed by atoms with Crippen LogP contribution in [0.4, 0.5) is 10.6 Å². The second-order valence-electron chi connectivity index (χ2n) is 10.4. The van der Waals surface area contributed by atoms with Crippen molar-refractivity contribution < 1.29 is 24.2 Å². The molecule has 2 aliphatic rings. The maximum Gasteiger partial charge on any atom is 0.405 e. The average Bonchev–Trinajstić information content (AvgIpc) is 3.51. The number of amides is 2. The first-order chi connectivity index (χ1) is 19.2. The van der Waals surface area contributed by atoms with Crippen LogP contribution in [0.15, 0.2) is 33.0 Å². The summed E-state index contributed by atoms with van der Waals surface area (Å²) in [5.74, 6) is 2.16. The first kappa shape index (κ1) is 28.3. The summed E-state index contributed by atoms with van der Waals surface area (Å²) >= 11 is 5.11. The summed E-state index contributed by atoms with van der Waals surface area (Å²) in [5.41, 5.74) is 7.38. The van der Waals surface area contributed by atoms with Gasteiger partial charge in [0.1, 0.15) is 12.4 Å². The van der Waals surface area contributed by atoms with Crippen molar-refractivity contribution in [3.8, 4) is 11.5 Å². The number of nitrogens with one attached hydrogen (secondary N) is 1. The van der Waals surface area contributed by atoms with Gasteiger partial charge in [0, 0.05) is 29.0 Å². The molecule has 1 saturated heterocycles. The van der Waals surface area contributed by atoms with Crippen LogP contribution >= 0.6 is 27.7 Å². The Bertz CT molecular complexity index is 1410. The number of hydrogen-bond donors (Lipinski definition) is 3. The third-order valence-electron chi connectivity index (χ3n) is 7.14. The predicted octanol–water partition coefficient (Wildman–Crippen LogP) is 4.36. The fourth-order valence-electron chi connectivity index (χ4n) is 5.10. The molecule has 2 amide bonds. The highest BCUT2D eigenvalue weighted by Gasteiger charge is 2.30. The Morgan fingerprint density at radius 3 is 2.65 bits per heavy atom. The van der Waals surface area contributed by atoms with Gasteiger partial charge >= 0.3 is 6.09 Å². The van der Waals surface area contributed by atoms with Crippen molar-refractivity contribution in [1.29, 1.82) is 0 Å². The average molecular weight is 635 g/mol. The number of likely N-dealkylation sites (tertiary alicyclic amines) is 1. The van der Waals surface area contributed by atoms with Crippen molar-refractivity contribution in [2.75, 3.05) is 25.6 Å². The van der Waals surface area contributed by atoms with E-state index in [-0.39, 0.29) is 18.6 Å². The molecule has 0 bridgehead atoms. The molecule has 1 aromatic carbocycles. The quantitative estimate of drug-likeness (QED) is 0.309. The molecule has 4 N–H and O–H groups in total. The monoisotopic (exact) mass is 633 g/mol. The summed E-state index contributed by atoms with van der Waals surface area (Å²) in [6.45, 7) is 6.03. The maximum absolute atomic E-state index is 13.1. The van der Waals surface area contributed by atoms with Gasteiger partial charge in [0.05, 0.1) is 0 Å². The molecular formula is C26H32BrN7O5S. The number of fused-ring (bicyclic) bond motifs is 2. The summed E-state index contributed by atoms with van der Waals surface area (Å²) < 4.78 is 14.0. The molecule has 0 aliphatic carbocycles. The second kappa shape index (κ2) is 12.1. The number of piperidine rings is 1. The first-order valence-corrected chi connectivity index (χ1v) is 14.8. The normalized spacial score (nSPS) is 16.1. The number of carboxylic acid groups (broad SMARTS) is 1. The Kier molecular flexibility index (Phi) is 8.54. The molecule has 214 valence electrons. The molecule has 12 nitrogen and oxygen atoms in total. The van der Waals surface area contributed by atoms with Gasteiger partial charge in [-0.3, -0.25) is 4.79 Å². The highest BCUT2D eigenvalue weighted by molar-refractivity contribution is 9.10. The van der Waals surface area contributed by atoms with Crippen molar-refractivity contribution in [3.05, 3.63) is 22.9 Å². The lowest BCUT2D eigenvalue weighted by Crippen LogP contribution is -2.51. The van der Waals surface area contributed by atoms with E-state index < -0.39 is 12.1 Å². The number of benzene rings is 1. The SMILES string of the molecule is CC(C)C[C@H](NC(=O)O)C(=O)N1CCC(CCn2c(Sc3cc4c(cc3Br)OCO4)nc3c(N)ncnc32)CC1. The van der Waals surface area contributed by atoms with E-state index >= 15 is 0 Å². The fraction of sp³-hybridized carbons (Fsp3) is 0.500. The number of hydrogen-bond acceptors (Lipinski definition) is 9. The van der Waals surface area contributed by atoms with Crippen molar-refractivity contribution >= 4 is 56.7 Å². The molecule has 1 fully saturated rings. The van der Waals surface area contributed by atoms with Gasteiger partial charge in [-0.05, 0) is 65.6 Å². The number of aryl methyl sites for hydroxylation is 1. The fourth-order valence-corrected chi connectivity index (χ4v) is 6.61. The van der Waals surface area contributed by atoms with Gasteiger partial charge in [-0.1, -0.05) is 25.6 Å². The Morgan fingerprint density at radius 1 is 1.23 bits per heavy atom. The van der Waals surface area contributed by atoms with Crippen LogP contribution < -0.4 is 20.5 Å². The lowest BCUT2D eigenvalue weighted by atomic mass is 9.92. The minimum Gasteiger partial charge on any atom is -0.465 e. The van der Waals surface area contributed by atoms with E-state index in [1.807, 2.05) is 26.0 Å². The smallest absolute Gasteiger partial charge is 0.405 e. The van der Waals surface area contributed by atoms with Crippen LogP contribution in [-0.2, 0) is 11.3 Å². The molecule has 5 rings (SSSR count). The van der Waals surface area contributed by atoms with Gasteiger partial charge in [-0.25, -0.2) is 19.7 Å². The lowest BCUT2D eigenvalue weighted by Gasteiger charge is -2.34. The van der Waals surface area contributed by atoms with E-state index in [9.17, 15) is 14.7 Å². The van der Waals surface area contributed by atoms with Gasteiger partial charge < -0.3 is 35.1 Å². The van der Waals surface area contributed by atoms with Gasteiger partial charge in [0.25, 0.3) is 0 Å². The summed E-state index contributed by atoms with van der Waals surface area (Å²) in [7, 11) is 0. The zero-order valence-corrected chi connectivity index (χ0v) is 24.7. The summed E-state index contributed by atoms with van der Waals surface area (Å²) in [5, 5.41) is 12.3. The summed E-state index contributed by atoms with van der Waals surface area (Å²) in [4.78, 5) is 40.4. The van der Waals surface area contributed by atoms with Gasteiger partial charge in [-0.2, -0.15) is 0 Å². The number of imidazole rings is 1. The van der Waals surface area contributed by atoms with Crippen LogP contribution in [0.5, 0.6) is 11.5 Å². The largest absolute Gasteiger partial charge is 0.465 e. The highest BCUT2D eigenvalue weighted by Crippen LogP contribution is 2.43. The van der Waals surface area contributed by atoms with Crippen LogP contribution in [0.2, 0.25) is 0 Å². The molecule has 3 aromatic rings. The van der Waals surface area contributed by atoms with Gasteiger partial charge in [-0.15, -0.1) is 0 Å². The zero-order chi connectivity index (χ0) is 28.4. The predicted molar refractivity (Wildman–Crippen MR) is 152 cm³/mol. The minimum absolute atomic E-state index is 0.143. The Hall–Kier alpha value is -3.26. The number of carbonyl (C=O) groups is 2. The Morgan fingerprint density at radius 2 is 1.95 bits per heavy atom. The van der Waals surface area contributed by atoms with Crippen LogP contribution in [0.25, 0.3) is 11.2 Å². The number of halogens is 1. The maximum atomic E-state index is 13.1.